The van der Waals surface area contributed by atoms with E-state index >= 15 is 0 Å². The molecule has 4 rings (SSSR count). The molecule has 16 heavy (non-hydrogen) atoms. The number of ether oxygens (including phenoxy) is 6. The van der Waals surface area contributed by atoms with Gasteiger partial charge in [0.05, 0.1) is 0 Å². The van der Waals surface area contributed by atoms with Gasteiger partial charge in [0, 0.05) is 21.3 Å². The highest BCUT2D eigenvalue weighted by Gasteiger charge is 2.62. The summed E-state index contributed by atoms with van der Waals surface area (Å²) in [5.74, 6) is 0. The van der Waals surface area contributed by atoms with Crippen molar-refractivity contribution in [3.8, 4) is 0 Å². The lowest BCUT2D eigenvalue weighted by atomic mass is 9.82. The maximum absolute atomic E-state index is 5.57. The fraction of sp³-hybridized carbons (Fsp3) is 1.00. The van der Waals surface area contributed by atoms with Crippen molar-refractivity contribution in [1.29, 1.82) is 0 Å². The zero-order valence-electron chi connectivity index (χ0n) is 9.49. The van der Waals surface area contributed by atoms with Crippen molar-refractivity contribution in [2.45, 2.75) is 43.1 Å². The minimum Gasteiger partial charge on any atom is -0.376 e. The molecule has 0 radical (unpaired) electrons. The van der Waals surface area contributed by atoms with E-state index in [9.17, 15) is 0 Å². The summed E-state index contributed by atoms with van der Waals surface area (Å²) in [6, 6.07) is 0. The highest BCUT2D eigenvalue weighted by molar-refractivity contribution is 5.07. The maximum atomic E-state index is 5.57. The number of methoxy groups -OCH3 is 3. The van der Waals surface area contributed by atoms with Crippen LogP contribution in [0.4, 0.5) is 0 Å². The van der Waals surface area contributed by atoms with Gasteiger partial charge in [0.25, 0.3) is 6.48 Å². The monoisotopic (exact) mass is 232 g/mol. The first-order valence-corrected chi connectivity index (χ1v) is 5.35. The summed E-state index contributed by atoms with van der Waals surface area (Å²) < 4.78 is 33.0. The molecule has 4 aliphatic rings. The number of hydrogen-bond acceptors (Lipinski definition) is 6. The van der Waals surface area contributed by atoms with Gasteiger partial charge < -0.3 is 28.4 Å². The van der Waals surface area contributed by atoms with E-state index in [2.05, 4.69) is 0 Å². The quantitative estimate of drug-likeness (QED) is 0.654. The molecular formula is C10H16O6. The molecule has 0 spiro atoms. The summed E-state index contributed by atoms with van der Waals surface area (Å²) in [5.41, 5.74) is 0. The predicted octanol–water partition coefficient (Wildman–Crippen LogP) is -0.489. The van der Waals surface area contributed by atoms with Crippen LogP contribution in [-0.2, 0) is 28.4 Å². The Kier molecular flexibility index (Phi) is 2.66. The molecule has 0 aromatic carbocycles. The molecule has 0 unspecified atom stereocenters. The fourth-order valence-corrected chi connectivity index (χ4v) is 2.87. The average Bonchev–Trinajstić information content (AvgIpc) is 2.29. The van der Waals surface area contributed by atoms with Gasteiger partial charge in [-0.2, -0.15) is 0 Å². The lowest BCUT2D eigenvalue weighted by molar-refractivity contribution is -0.484. The Morgan fingerprint density at radius 2 is 0.938 bits per heavy atom. The van der Waals surface area contributed by atoms with Crippen LogP contribution in [-0.4, -0.2) is 64.4 Å². The third-order valence-electron chi connectivity index (χ3n) is 3.56. The van der Waals surface area contributed by atoms with Crippen LogP contribution in [0.3, 0.4) is 0 Å². The lowest BCUT2D eigenvalue weighted by Gasteiger charge is -2.58. The van der Waals surface area contributed by atoms with Crippen LogP contribution >= 0.6 is 0 Å². The van der Waals surface area contributed by atoms with Crippen molar-refractivity contribution in [1.82, 2.24) is 0 Å². The standard InChI is InChI=1S/C10H16O6/c1-11-4-7-5(12-2)9-6(13-3)8(4)15-10(14-7)16-9/h4-10H,1-3H3. The van der Waals surface area contributed by atoms with Crippen LogP contribution < -0.4 is 0 Å². The second-order valence-corrected chi connectivity index (χ2v) is 4.19. The second kappa shape index (κ2) is 3.90. The minimum atomic E-state index is -0.607. The van der Waals surface area contributed by atoms with Crippen LogP contribution in [0, 0.1) is 0 Å². The highest BCUT2D eigenvalue weighted by Crippen LogP contribution is 2.42. The normalized spacial score (nSPS) is 54.6. The molecule has 3 saturated heterocycles. The molecule has 1 saturated carbocycles. The molecule has 0 amide bonds. The molecule has 1 aliphatic carbocycles. The number of hydrogen-bond donors (Lipinski definition) is 0. The number of rotatable bonds is 3. The second-order valence-electron chi connectivity index (χ2n) is 4.19. The fourth-order valence-electron chi connectivity index (χ4n) is 2.87. The molecule has 6 heteroatoms. The third-order valence-corrected chi connectivity index (χ3v) is 3.56. The van der Waals surface area contributed by atoms with Gasteiger partial charge >= 0.3 is 0 Å². The summed E-state index contributed by atoms with van der Waals surface area (Å²) in [6.45, 7) is -0.607. The van der Waals surface area contributed by atoms with E-state index in [1.54, 1.807) is 21.3 Å². The van der Waals surface area contributed by atoms with Crippen LogP contribution in [0.15, 0.2) is 0 Å². The molecule has 0 N–H and O–H groups in total. The molecular weight excluding hydrogens is 216 g/mol. The highest BCUT2D eigenvalue weighted by atomic mass is 16.9. The Labute approximate surface area is 93.7 Å². The lowest BCUT2D eigenvalue weighted by Crippen LogP contribution is -2.76. The minimum absolute atomic E-state index is 0.149. The summed E-state index contributed by atoms with van der Waals surface area (Å²) in [5, 5.41) is 0. The zero-order valence-corrected chi connectivity index (χ0v) is 9.49. The zero-order chi connectivity index (χ0) is 11.3. The van der Waals surface area contributed by atoms with Gasteiger partial charge in [-0.05, 0) is 0 Å². The van der Waals surface area contributed by atoms with E-state index in [-0.39, 0.29) is 36.6 Å². The molecule has 4 fully saturated rings. The smallest absolute Gasteiger partial charge is 0.272 e. The van der Waals surface area contributed by atoms with Crippen LogP contribution in [0.5, 0.6) is 0 Å². The van der Waals surface area contributed by atoms with Crippen molar-refractivity contribution in [3.05, 3.63) is 0 Å². The first-order valence-electron chi connectivity index (χ1n) is 5.35. The summed E-state index contributed by atoms with van der Waals surface area (Å²) in [7, 11) is 4.92. The molecule has 0 aromatic heterocycles. The Bertz CT molecular complexity index is 217. The Morgan fingerprint density at radius 3 is 1.19 bits per heavy atom. The third kappa shape index (κ3) is 1.28. The first kappa shape index (κ1) is 10.9. The molecule has 0 atom stereocenters. The van der Waals surface area contributed by atoms with E-state index in [1.807, 2.05) is 0 Å². The van der Waals surface area contributed by atoms with E-state index in [4.69, 9.17) is 28.4 Å². The van der Waals surface area contributed by atoms with Crippen LogP contribution in [0.1, 0.15) is 0 Å². The van der Waals surface area contributed by atoms with E-state index in [0.717, 1.165) is 0 Å². The average molecular weight is 232 g/mol. The molecule has 3 heterocycles. The topological polar surface area (TPSA) is 55.4 Å². The van der Waals surface area contributed by atoms with E-state index in [0.29, 0.717) is 0 Å². The van der Waals surface area contributed by atoms with Gasteiger partial charge in [-0.3, -0.25) is 0 Å². The van der Waals surface area contributed by atoms with Crippen molar-refractivity contribution in [2.24, 2.45) is 0 Å². The molecule has 0 aromatic rings. The van der Waals surface area contributed by atoms with Crippen molar-refractivity contribution < 1.29 is 28.4 Å². The van der Waals surface area contributed by atoms with Crippen molar-refractivity contribution >= 4 is 0 Å². The van der Waals surface area contributed by atoms with Gasteiger partial charge in [0.1, 0.15) is 36.6 Å². The Morgan fingerprint density at radius 1 is 0.625 bits per heavy atom. The summed E-state index contributed by atoms with van der Waals surface area (Å²) in [4.78, 5) is 0. The molecule has 6 nitrogen and oxygen atoms in total. The SMILES string of the molecule is COC1C2OC3OC1C(OC)C(O3)C2OC. The van der Waals surface area contributed by atoms with E-state index in [1.165, 1.54) is 0 Å². The predicted molar refractivity (Wildman–Crippen MR) is 50.8 cm³/mol. The molecule has 3 aliphatic heterocycles. The van der Waals surface area contributed by atoms with Gasteiger partial charge in [-0.25, -0.2) is 0 Å². The van der Waals surface area contributed by atoms with Gasteiger partial charge in [-0.15, -0.1) is 0 Å². The largest absolute Gasteiger partial charge is 0.376 e. The van der Waals surface area contributed by atoms with Crippen molar-refractivity contribution in [3.63, 3.8) is 0 Å². The summed E-state index contributed by atoms with van der Waals surface area (Å²) >= 11 is 0. The van der Waals surface area contributed by atoms with Crippen LogP contribution in [0.2, 0.25) is 0 Å². The maximum Gasteiger partial charge on any atom is 0.272 e. The van der Waals surface area contributed by atoms with Gasteiger partial charge in [0.2, 0.25) is 0 Å². The molecule has 4 bridgehead atoms. The van der Waals surface area contributed by atoms with Crippen LogP contribution in [0.25, 0.3) is 0 Å². The molecule has 92 valence electrons. The van der Waals surface area contributed by atoms with Gasteiger partial charge in [0.15, 0.2) is 0 Å². The first-order chi connectivity index (χ1) is 7.80. The Hall–Kier alpha value is -0.240. The van der Waals surface area contributed by atoms with E-state index < -0.39 is 6.48 Å². The summed E-state index contributed by atoms with van der Waals surface area (Å²) in [6.07, 6.45) is -0.972. The Balaban J connectivity index is 1.92. The van der Waals surface area contributed by atoms with Gasteiger partial charge in [-0.1, -0.05) is 0 Å². The van der Waals surface area contributed by atoms with Crippen molar-refractivity contribution in [2.75, 3.05) is 21.3 Å².